The van der Waals surface area contributed by atoms with Crippen LogP contribution in [0.15, 0.2) is 0 Å². The first-order valence-electron chi connectivity index (χ1n) is 7.32. The van der Waals surface area contributed by atoms with Crippen LogP contribution in [-0.4, -0.2) is 106 Å². The standard InChI is InChI=1S/C13H24O10/c1-4-6(15)7(16)9(18)13(21-4)23-11-5(3-14)22-12(20-2)10(19)8(11)17/h4-19H,3H2,1-2H3/t4-,5+,6+,7+,8+,9-,10+,11+,12-,13-/m0/s1. The van der Waals surface area contributed by atoms with Gasteiger partial charge in [-0.1, -0.05) is 0 Å². The van der Waals surface area contributed by atoms with Crippen molar-refractivity contribution in [3.8, 4) is 0 Å². The normalized spacial score (nSPS) is 51.7. The molecule has 0 saturated carbocycles. The molecule has 0 spiro atoms. The smallest absolute Gasteiger partial charge is 0.187 e. The number of ether oxygens (including phenoxy) is 4. The molecule has 10 atom stereocenters. The summed E-state index contributed by atoms with van der Waals surface area (Å²) in [5.74, 6) is 0. The van der Waals surface area contributed by atoms with Crippen molar-refractivity contribution in [2.24, 2.45) is 0 Å². The highest BCUT2D eigenvalue weighted by Crippen LogP contribution is 2.29. The zero-order valence-corrected chi connectivity index (χ0v) is 12.8. The Morgan fingerprint density at radius 2 is 1.43 bits per heavy atom. The van der Waals surface area contributed by atoms with E-state index in [1.165, 1.54) is 14.0 Å². The van der Waals surface area contributed by atoms with E-state index in [0.29, 0.717) is 0 Å². The molecule has 2 saturated heterocycles. The molecule has 0 amide bonds. The third-order valence-corrected chi connectivity index (χ3v) is 4.15. The average molecular weight is 340 g/mol. The maximum atomic E-state index is 10.1. The Morgan fingerprint density at radius 1 is 0.826 bits per heavy atom. The van der Waals surface area contributed by atoms with Gasteiger partial charge >= 0.3 is 0 Å². The van der Waals surface area contributed by atoms with E-state index >= 15 is 0 Å². The molecule has 0 radical (unpaired) electrons. The minimum atomic E-state index is -1.58. The summed E-state index contributed by atoms with van der Waals surface area (Å²) in [5.41, 5.74) is 0. The topological polar surface area (TPSA) is 158 Å². The molecule has 6 N–H and O–H groups in total. The minimum Gasteiger partial charge on any atom is -0.394 e. The van der Waals surface area contributed by atoms with Gasteiger partial charge < -0.3 is 49.6 Å². The molecule has 0 bridgehead atoms. The Kier molecular flexibility index (Phi) is 6.30. The van der Waals surface area contributed by atoms with E-state index in [1.807, 2.05) is 0 Å². The van der Waals surface area contributed by atoms with Crippen LogP contribution in [0.4, 0.5) is 0 Å². The summed E-state index contributed by atoms with van der Waals surface area (Å²) in [6.45, 7) is 0.932. The van der Waals surface area contributed by atoms with Crippen molar-refractivity contribution in [1.82, 2.24) is 0 Å². The number of hydrogen-bond donors (Lipinski definition) is 6. The molecule has 0 aromatic heterocycles. The van der Waals surface area contributed by atoms with Crippen LogP contribution < -0.4 is 0 Å². The van der Waals surface area contributed by atoms with Crippen LogP contribution in [0.5, 0.6) is 0 Å². The molecule has 0 aromatic carbocycles. The first-order valence-corrected chi connectivity index (χ1v) is 7.32. The van der Waals surface area contributed by atoms with Crippen molar-refractivity contribution in [3.63, 3.8) is 0 Å². The number of rotatable bonds is 4. The van der Waals surface area contributed by atoms with Gasteiger partial charge in [-0.25, -0.2) is 0 Å². The van der Waals surface area contributed by atoms with Crippen LogP contribution >= 0.6 is 0 Å². The van der Waals surface area contributed by atoms with Gasteiger partial charge in [-0.3, -0.25) is 0 Å². The molecule has 10 nitrogen and oxygen atoms in total. The van der Waals surface area contributed by atoms with E-state index in [-0.39, 0.29) is 0 Å². The Morgan fingerprint density at radius 3 is 2.00 bits per heavy atom. The largest absolute Gasteiger partial charge is 0.394 e. The number of methoxy groups -OCH3 is 1. The fraction of sp³-hybridized carbons (Fsp3) is 1.00. The van der Waals surface area contributed by atoms with Crippen molar-refractivity contribution in [2.45, 2.75) is 68.3 Å². The van der Waals surface area contributed by atoms with E-state index in [9.17, 15) is 30.6 Å². The quantitative estimate of drug-likeness (QED) is 0.300. The second-order valence-corrected chi connectivity index (χ2v) is 5.72. The molecule has 2 fully saturated rings. The van der Waals surface area contributed by atoms with Gasteiger partial charge in [-0.05, 0) is 6.92 Å². The van der Waals surface area contributed by atoms with Crippen molar-refractivity contribution in [2.75, 3.05) is 13.7 Å². The number of aliphatic hydroxyl groups is 6. The minimum absolute atomic E-state index is 0.544. The lowest BCUT2D eigenvalue weighted by Crippen LogP contribution is -2.64. The van der Waals surface area contributed by atoms with Gasteiger partial charge in [0.15, 0.2) is 12.6 Å². The molecular formula is C13H24O10. The molecule has 2 aliphatic rings. The zero-order chi connectivity index (χ0) is 17.3. The second-order valence-electron chi connectivity index (χ2n) is 5.72. The summed E-state index contributed by atoms with van der Waals surface area (Å²) in [7, 11) is 1.27. The zero-order valence-electron chi connectivity index (χ0n) is 12.8. The van der Waals surface area contributed by atoms with Crippen LogP contribution in [0.2, 0.25) is 0 Å². The van der Waals surface area contributed by atoms with Crippen LogP contribution in [0.25, 0.3) is 0 Å². The van der Waals surface area contributed by atoms with Gasteiger partial charge in [-0.2, -0.15) is 0 Å². The van der Waals surface area contributed by atoms with Crippen LogP contribution in [-0.2, 0) is 18.9 Å². The van der Waals surface area contributed by atoms with Gasteiger partial charge in [0.25, 0.3) is 0 Å². The molecule has 0 aromatic rings. The molecule has 23 heavy (non-hydrogen) atoms. The van der Waals surface area contributed by atoms with E-state index in [4.69, 9.17) is 18.9 Å². The Hall–Kier alpha value is -0.400. The number of hydrogen-bond acceptors (Lipinski definition) is 10. The van der Waals surface area contributed by atoms with E-state index in [0.717, 1.165) is 0 Å². The summed E-state index contributed by atoms with van der Waals surface area (Å²) in [6, 6.07) is 0. The highest BCUT2D eigenvalue weighted by Gasteiger charge is 2.49. The van der Waals surface area contributed by atoms with Gasteiger partial charge in [-0.15, -0.1) is 0 Å². The molecule has 136 valence electrons. The monoisotopic (exact) mass is 340 g/mol. The molecule has 2 rings (SSSR count). The summed E-state index contributed by atoms with van der Waals surface area (Å²) in [5, 5.41) is 58.8. The van der Waals surface area contributed by atoms with Crippen molar-refractivity contribution >= 4 is 0 Å². The fourth-order valence-corrected chi connectivity index (χ4v) is 2.70. The predicted octanol–water partition coefficient (Wildman–Crippen LogP) is -3.72. The van der Waals surface area contributed by atoms with E-state index < -0.39 is 68.0 Å². The summed E-state index contributed by atoms with van der Waals surface area (Å²) in [6.07, 6.45) is -13.0. The van der Waals surface area contributed by atoms with Gasteiger partial charge in [0.1, 0.15) is 42.7 Å². The average Bonchev–Trinajstić information content (AvgIpc) is 2.54. The number of aliphatic hydroxyl groups excluding tert-OH is 6. The Bertz CT molecular complexity index is 380. The first kappa shape index (κ1) is 18.9. The van der Waals surface area contributed by atoms with Crippen molar-refractivity contribution in [1.29, 1.82) is 0 Å². The first-order chi connectivity index (χ1) is 10.8. The summed E-state index contributed by atoms with van der Waals surface area (Å²) in [4.78, 5) is 0. The Labute approximate surface area is 132 Å². The molecule has 2 aliphatic heterocycles. The lowest BCUT2D eigenvalue weighted by atomic mass is 9.97. The fourth-order valence-electron chi connectivity index (χ4n) is 2.70. The van der Waals surface area contributed by atoms with Crippen molar-refractivity contribution in [3.05, 3.63) is 0 Å². The SMILES string of the molecule is CO[C@H]1O[C@H](CO)[C@@H](O[C@@H]2O[C@@H](C)[C@@H](O)[C@@H](O)[C@@H]2O)[C@H](O)[C@H]1O. The third-order valence-electron chi connectivity index (χ3n) is 4.15. The van der Waals surface area contributed by atoms with Crippen LogP contribution in [0.3, 0.4) is 0 Å². The second kappa shape index (κ2) is 7.66. The highest BCUT2D eigenvalue weighted by atomic mass is 16.7. The summed E-state index contributed by atoms with van der Waals surface area (Å²) < 4.78 is 20.8. The molecule has 0 aliphatic carbocycles. The molecular weight excluding hydrogens is 316 g/mol. The van der Waals surface area contributed by atoms with Crippen LogP contribution in [0.1, 0.15) is 6.92 Å². The van der Waals surface area contributed by atoms with E-state index in [2.05, 4.69) is 0 Å². The van der Waals surface area contributed by atoms with Gasteiger partial charge in [0, 0.05) is 7.11 Å². The lowest BCUT2D eigenvalue weighted by molar-refractivity contribution is -0.354. The molecule has 10 heteroatoms. The third kappa shape index (κ3) is 3.66. The van der Waals surface area contributed by atoms with Gasteiger partial charge in [0.05, 0.1) is 12.7 Å². The van der Waals surface area contributed by atoms with Crippen molar-refractivity contribution < 1.29 is 49.6 Å². The predicted molar refractivity (Wildman–Crippen MR) is 72.0 cm³/mol. The van der Waals surface area contributed by atoms with Gasteiger partial charge in [0.2, 0.25) is 0 Å². The summed E-state index contributed by atoms with van der Waals surface area (Å²) >= 11 is 0. The maximum absolute atomic E-state index is 10.1. The maximum Gasteiger partial charge on any atom is 0.187 e. The molecule has 2 heterocycles. The Balaban J connectivity index is 2.10. The van der Waals surface area contributed by atoms with E-state index in [1.54, 1.807) is 0 Å². The van der Waals surface area contributed by atoms with Crippen LogP contribution in [0, 0.1) is 0 Å². The highest BCUT2D eigenvalue weighted by molar-refractivity contribution is 4.93. The lowest BCUT2D eigenvalue weighted by Gasteiger charge is -2.45. The molecule has 0 unspecified atom stereocenters.